The number of fused-ring (bicyclic) bond motifs is 3. The number of hydrogen-bond acceptors (Lipinski definition) is 1. The molecule has 0 unspecified atom stereocenters. The monoisotopic (exact) mass is 286 g/mol. The van der Waals surface area contributed by atoms with Crippen molar-refractivity contribution in [3.05, 3.63) is 59.4 Å². The van der Waals surface area contributed by atoms with Crippen LogP contribution in [-0.2, 0) is 11.8 Å². The van der Waals surface area contributed by atoms with Gasteiger partial charge in [0.25, 0.3) is 0 Å². The minimum atomic E-state index is 0.150. The first kappa shape index (κ1) is 12.2. The van der Waals surface area contributed by atoms with Crippen LogP contribution in [0.5, 0.6) is 0 Å². The molecule has 2 heteroatoms. The zero-order valence-electron chi connectivity index (χ0n) is 13.1. The van der Waals surface area contributed by atoms with Crippen molar-refractivity contribution in [1.29, 1.82) is 0 Å². The SMILES string of the molecule is Cc1ccc2c3c1c1ccccc1c1ncc(n13)CC2(C)C. The van der Waals surface area contributed by atoms with E-state index < -0.39 is 0 Å². The summed E-state index contributed by atoms with van der Waals surface area (Å²) in [6.45, 7) is 6.90. The predicted molar refractivity (Wildman–Crippen MR) is 91.7 cm³/mol. The Balaban J connectivity index is 2.24. The van der Waals surface area contributed by atoms with E-state index in [1.165, 1.54) is 38.5 Å². The van der Waals surface area contributed by atoms with E-state index in [2.05, 4.69) is 67.8 Å². The van der Waals surface area contributed by atoms with Crippen molar-refractivity contribution in [2.24, 2.45) is 0 Å². The minimum absolute atomic E-state index is 0.150. The van der Waals surface area contributed by atoms with E-state index in [0.29, 0.717) is 0 Å². The van der Waals surface area contributed by atoms with Crippen molar-refractivity contribution in [1.82, 2.24) is 9.38 Å². The van der Waals surface area contributed by atoms with E-state index in [4.69, 9.17) is 4.98 Å². The standard InChI is InChI=1S/C20H18N2/c1-12-8-9-16-18-17(12)14-6-4-5-7-15(14)19-21-11-13(22(18)19)10-20(16,2)3/h4-9,11H,10H2,1-3H3. The fourth-order valence-electron chi connectivity index (χ4n) is 4.21. The number of benzene rings is 2. The van der Waals surface area contributed by atoms with Crippen molar-refractivity contribution in [2.45, 2.75) is 32.6 Å². The topological polar surface area (TPSA) is 17.3 Å². The fourth-order valence-corrected chi connectivity index (χ4v) is 4.21. The van der Waals surface area contributed by atoms with Crippen LogP contribution < -0.4 is 0 Å². The third-order valence-corrected chi connectivity index (χ3v) is 5.23. The Labute approximate surface area is 129 Å². The van der Waals surface area contributed by atoms with Gasteiger partial charge in [0.2, 0.25) is 0 Å². The second-order valence-corrected chi connectivity index (χ2v) is 7.17. The summed E-state index contributed by atoms with van der Waals surface area (Å²) in [4.78, 5) is 4.76. The van der Waals surface area contributed by atoms with Gasteiger partial charge in [0, 0.05) is 22.7 Å². The van der Waals surface area contributed by atoms with Crippen LogP contribution in [0.3, 0.4) is 0 Å². The lowest BCUT2D eigenvalue weighted by molar-refractivity contribution is 0.506. The van der Waals surface area contributed by atoms with Gasteiger partial charge < -0.3 is 0 Å². The Bertz CT molecular complexity index is 1080. The van der Waals surface area contributed by atoms with Gasteiger partial charge in [0.15, 0.2) is 0 Å². The van der Waals surface area contributed by atoms with E-state index in [1.807, 2.05) is 0 Å². The molecule has 1 aliphatic rings. The highest BCUT2D eigenvalue weighted by Crippen LogP contribution is 2.42. The summed E-state index contributed by atoms with van der Waals surface area (Å²) in [7, 11) is 0. The van der Waals surface area contributed by atoms with E-state index in [0.717, 1.165) is 12.1 Å². The van der Waals surface area contributed by atoms with Crippen LogP contribution >= 0.6 is 0 Å². The molecule has 108 valence electrons. The van der Waals surface area contributed by atoms with Gasteiger partial charge >= 0.3 is 0 Å². The van der Waals surface area contributed by atoms with Crippen LogP contribution in [0.2, 0.25) is 0 Å². The molecule has 1 aliphatic heterocycles. The maximum atomic E-state index is 4.76. The van der Waals surface area contributed by atoms with Gasteiger partial charge in [-0.15, -0.1) is 0 Å². The molecule has 0 fully saturated rings. The number of imidazole rings is 1. The number of pyridine rings is 1. The average Bonchev–Trinajstić information content (AvgIpc) is 2.90. The van der Waals surface area contributed by atoms with Crippen molar-refractivity contribution < 1.29 is 0 Å². The Morgan fingerprint density at radius 1 is 1.05 bits per heavy atom. The number of aryl methyl sites for hydroxylation is 1. The quantitative estimate of drug-likeness (QED) is 0.425. The molecule has 0 radical (unpaired) electrons. The smallest absolute Gasteiger partial charge is 0.145 e. The Morgan fingerprint density at radius 3 is 2.64 bits per heavy atom. The van der Waals surface area contributed by atoms with E-state index >= 15 is 0 Å². The number of aromatic nitrogens is 2. The largest absolute Gasteiger partial charge is 0.296 e. The van der Waals surface area contributed by atoms with Gasteiger partial charge in [-0.25, -0.2) is 4.98 Å². The first-order valence-corrected chi connectivity index (χ1v) is 7.89. The van der Waals surface area contributed by atoms with Crippen molar-refractivity contribution >= 4 is 27.3 Å². The second-order valence-electron chi connectivity index (χ2n) is 7.17. The van der Waals surface area contributed by atoms with Crippen molar-refractivity contribution in [3.8, 4) is 0 Å². The zero-order chi connectivity index (χ0) is 15.1. The molecule has 0 atom stereocenters. The van der Waals surface area contributed by atoms with Crippen LogP contribution in [-0.4, -0.2) is 9.38 Å². The molecule has 5 rings (SSSR count). The van der Waals surface area contributed by atoms with Gasteiger partial charge in [-0.2, -0.15) is 0 Å². The van der Waals surface area contributed by atoms with E-state index in [-0.39, 0.29) is 5.41 Å². The maximum absolute atomic E-state index is 4.76. The molecule has 2 aromatic heterocycles. The maximum Gasteiger partial charge on any atom is 0.145 e. The Morgan fingerprint density at radius 2 is 1.82 bits per heavy atom. The highest BCUT2D eigenvalue weighted by Gasteiger charge is 2.31. The zero-order valence-corrected chi connectivity index (χ0v) is 13.1. The molecular formula is C20H18N2. The first-order valence-electron chi connectivity index (χ1n) is 7.89. The summed E-state index contributed by atoms with van der Waals surface area (Å²) >= 11 is 0. The summed E-state index contributed by atoms with van der Waals surface area (Å²) < 4.78 is 2.39. The molecule has 0 spiro atoms. The predicted octanol–water partition coefficient (Wildman–Crippen LogP) is 4.78. The molecule has 0 N–H and O–H groups in total. The normalized spacial score (nSPS) is 16.1. The molecule has 0 aliphatic carbocycles. The summed E-state index contributed by atoms with van der Waals surface area (Å²) in [5, 5.41) is 3.95. The van der Waals surface area contributed by atoms with Gasteiger partial charge in [0.05, 0.1) is 5.52 Å². The first-order chi connectivity index (χ1) is 10.6. The number of nitrogens with zero attached hydrogens (tertiary/aromatic N) is 2. The lowest BCUT2D eigenvalue weighted by Gasteiger charge is -2.32. The van der Waals surface area contributed by atoms with Crippen LogP contribution in [0.4, 0.5) is 0 Å². The van der Waals surface area contributed by atoms with Crippen LogP contribution in [0, 0.1) is 6.92 Å². The summed E-state index contributed by atoms with van der Waals surface area (Å²) in [6, 6.07) is 13.3. The number of rotatable bonds is 0. The summed E-state index contributed by atoms with van der Waals surface area (Å²) in [5.41, 5.74) is 6.72. The molecule has 0 bridgehead atoms. The Kier molecular flexibility index (Phi) is 2.05. The lowest BCUT2D eigenvalue weighted by atomic mass is 9.77. The third-order valence-electron chi connectivity index (χ3n) is 5.23. The van der Waals surface area contributed by atoms with Gasteiger partial charge in [-0.1, -0.05) is 50.2 Å². The highest BCUT2D eigenvalue weighted by atomic mass is 15.0. The van der Waals surface area contributed by atoms with Gasteiger partial charge in [-0.3, -0.25) is 4.40 Å². The van der Waals surface area contributed by atoms with Gasteiger partial charge in [0.1, 0.15) is 5.65 Å². The molecule has 0 saturated heterocycles. The lowest BCUT2D eigenvalue weighted by Crippen LogP contribution is -2.26. The third kappa shape index (κ3) is 1.29. The second kappa shape index (κ2) is 3.70. The molecule has 2 aromatic carbocycles. The molecule has 4 aromatic rings. The average molecular weight is 286 g/mol. The van der Waals surface area contributed by atoms with E-state index in [9.17, 15) is 0 Å². The molecule has 3 heterocycles. The minimum Gasteiger partial charge on any atom is -0.296 e. The molecular weight excluding hydrogens is 268 g/mol. The molecule has 0 saturated carbocycles. The molecule has 22 heavy (non-hydrogen) atoms. The Hall–Kier alpha value is -2.35. The summed E-state index contributed by atoms with van der Waals surface area (Å²) in [6.07, 6.45) is 3.10. The number of hydrogen-bond donors (Lipinski definition) is 0. The van der Waals surface area contributed by atoms with Crippen LogP contribution in [0.15, 0.2) is 42.6 Å². The van der Waals surface area contributed by atoms with Crippen molar-refractivity contribution in [3.63, 3.8) is 0 Å². The van der Waals surface area contributed by atoms with Crippen LogP contribution in [0.1, 0.15) is 30.7 Å². The molecule has 0 amide bonds. The fraction of sp³-hybridized carbons (Fsp3) is 0.250. The molecule has 2 nitrogen and oxygen atoms in total. The van der Waals surface area contributed by atoms with Crippen molar-refractivity contribution in [2.75, 3.05) is 0 Å². The summed E-state index contributed by atoms with van der Waals surface area (Å²) in [5.74, 6) is 0. The highest BCUT2D eigenvalue weighted by molar-refractivity contribution is 6.14. The van der Waals surface area contributed by atoms with Gasteiger partial charge in [-0.05, 0) is 35.3 Å². The van der Waals surface area contributed by atoms with Crippen LogP contribution in [0.25, 0.3) is 27.3 Å². The van der Waals surface area contributed by atoms with E-state index in [1.54, 1.807) is 0 Å².